The lowest BCUT2D eigenvalue weighted by molar-refractivity contribution is -0.142. The van der Waals surface area contributed by atoms with Crippen molar-refractivity contribution in [2.24, 2.45) is 17.8 Å². The van der Waals surface area contributed by atoms with E-state index >= 15 is 0 Å². The van der Waals surface area contributed by atoms with Crippen LogP contribution in [0.15, 0.2) is 42.5 Å². The number of halogens is 1. The molecule has 3 aliphatic heterocycles. The second kappa shape index (κ2) is 11.2. The number of hydrogen-bond donors (Lipinski definition) is 3. The Morgan fingerprint density at radius 3 is 2.46 bits per heavy atom. The summed E-state index contributed by atoms with van der Waals surface area (Å²) in [5, 5.41) is 16.9. The highest BCUT2D eigenvalue weighted by Gasteiger charge is 2.77. The summed E-state index contributed by atoms with van der Waals surface area (Å²) in [6, 6.07) is 11.1. The number of aliphatic hydroxyl groups is 1. The zero-order valence-corrected chi connectivity index (χ0v) is 25.6. The SMILES string of the molecule is CCOc1ccc(NC(=O)[C@@H]2[C@H]3C(=O)N([C@@H](CO)C(C)C)C(C(=O)Nc4c(C)cccc4Cl)C34CC[C@@]2(C)S4)cc1. The summed E-state index contributed by atoms with van der Waals surface area (Å²) in [5.74, 6) is -1.58. The molecule has 2 aromatic carbocycles. The van der Waals surface area contributed by atoms with E-state index in [2.05, 4.69) is 10.6 Å². The molecule has 3 N–H and O–H groups in total. The van der Waals surface area contributed by atoms with Gasteiger partial charge in [0.2, 0.25) is 17.7 Å². The Labute approximate surface area is 250 Å². The molecule has 3 heterocycles. The van der Waals surface area contributed by atoms with Crippen molar-refractivity contribution >= 4 is 52.5 Å². The Morgan fingerprint density at radius 1 is 1.15 bits per heavy atom. The number of rotatable bonds is 9. The van der Waals surface area contributed by atoms with Crippen LogP contribution in [0.3, 0.4) is 0 Å². The van der Waals surface area contributed by atoms with Crippen molar-refractivity contribution < 1.29 is 24.2 Å². The topological polar surface area (TPSA) is 108 Å². The molecule has 5 rings (SSSR count). The molecule has 0 radical (unpaired) electrons. The van der Waals surface area contributed by atoms with Gasteiger partial charge in [0.25, 0.3) is 0 Å². The predicted octanol–water partition coefficient (Wildman–Crippen LogP) is 5.12. The molecule has 220 valence electrons. The second-order valence-corrected chi connectivity index (χ2v) is 14.1. The minimum Gasteiger partial charge on any atom is -0.494 e. The number of para-hydroxylation sites is 1. The van der Waals surface area contributed by atoms with Gasteiger partial charge in [-0.25, -0.2) is 0 Å². The Bertz CT molecular complexity index is 1330. The number of fused-ring (bicyclic) bond motifs is 1. The monoisotopic (exact) mass is 599 g/mol. The Balaban J connectivity index is 1.52. The van der Waals surface area contributed by atoms with E-state index in [9.17, 15) is 19.5 Å². The highest BCUT2D eigenvalue weighted by molar-refractivity contribution is 8.02. The maximum absolute atomic E-state index is 14.4. The third-order valence-corrected chi connectivity index (χ3v) is 11.3. The molecule has 6 atom stereocenters. The van der Waals surface area contributed by atoms with Crippen LogP contribution in [0, 0.1) is 24.7 Å². The van der Waals surface area contributed by atoms with E-state index in [1.165, 1.54) is 0 Å². The number of amides is 3. The average Bonchev–Trinajstić information content (AvgIpc) is 3.49. The number of benzene rings is 2. The van der Waals surface area contributed by atoms with Crippen molar-refractivity contribution in [3.63, 3.8) is 0 Å². The van der Waals surface area contributed by atoms with Crippen LogP contribution in [0.2, 0.25) is 5.02 Å². The summed E-state index contributed by atoms with van der Waals surface area (Å²) in [6.45, 7) is 9.91. The fraction of sp³-hybridized carbons (Fsp3) is 0.516. The molecular formula is C31H38ClN3O5S. The lowest BCUT2D eigenvalue weighted by Gasteiger charge is -2.38. The van der Waals surface area contributed by atoms with Crippen LogP contribution in [-0.2, 0) is 14.4 Å². The van der Waals surface area contributed by atoms with E-state index in [0.29, 0.717) is 41.6 Å². The number of nitrogens with zero attached hydrogens (tertiary/aromatic N) is 1. The molecule has 3 fully saturated rings. The highest BCUT2D eigenvalue weighted by atomic mass is 35.5. The molecule has 2 bridgehead atoms. The van der Waals surface area contributed by atoms with Gasteiger partial charge in [-0.05, 0) is 75.4 Å². The fourth-order valence-corrected chi connectivity index (χ4v) is 9.66. The zero-order valence-electron chi connectivity index (χ0n) is 24.1. The van der Waals surface area contributed by atoms with Gasteiger partial charge in [0, 0.05) is 10.4 Å². The number of aryl methyl sites for hydroxylation is 1. The highest BCUT2D eigenvalue weighted by Crippen LogP contribution is 2.71. The van der Waals surface area contributed by atoms with Crippen LogP contribution >= 0.6 is 23.4 Å². The van der Waals surface area contributed by atoms with E-state index in [0.717, 1.165) is 5.56 Å². The number of carbonyl (C=O) groups excluding carboxylic acids is 3. The first-order valence-corrected chi connectivity index (χ1v) is 15.4. The van der Waals surface area contributed by atoms with Crippen molar-refractivity contribution in [2.75, 3.05) is 23.8 Å². The Hall–Kier alpha value is -2.75. The third kappa shape index (κ3) is 4.89. The minimum atomic E-state index is -0.870. The molecule has 2 aromatic rings. The van der Waals surface area contributed by atoms with Gasteiger partial charge in [-0.1, -0.05) is 37.6 Å². The number of anilines is 2. The van der Waals surface area contributed by atoms with Crippen LogP contribution in [0.25, 0.3) is 0 Å². The minimum absolute atomic E-state index is 0.106. The van der Waals surface area contributed by atoms with E-state index in [4.69, 9.17) is 16.3 Å². The lowest BCUT2D eigenvalue weighted by Crippen LogP contribution is -2.56. The molecule has 0 aromatic heterocycles. The molecule has 3 aliphatic rings. The first-order chi connectivity index (χ1) is 19.5. The van der Waals surface area contributed by atoms with Crippen molar-refractivity contribution in [2.45, 2.75) is 69.0 Å². The standard InChI is InChI=1S/C31H38ClN3O5S/c1-6-40-20-12-10-19(11-13-20)33-27(37)23-24-29(39)35(22(16-36)17(2)3)26(31(24)15-14-30(23,5)41-31)28(38)34-25-18(4)8-7-9-21(25)32/h7-13,17,22-24,26,36H,6,14-16H2,1-5H3,(H,33,37)(H,34,38)/t22-,23-,24-,26?,30+,31?/m0/s1. The van der Waals surface area contributed by atoms with Gasteiger partial charge >= 0.3 is 0 Å². The summed E-state index contributed by atoms with van der Waals surface area (Å²) in [7, 11) is 0. The summed E-state index contributed by atoms with van der Waals surface area (Å²) in [5.41, 5.74) is 1.93. The molecular weight excluding hydrogens is 562 g/mol. The van der Waals surface area contributed by atoms with Crippen LogP contribution in [0.4, 0.5) is 11.4 Å². The van der Waals surface area contributed by atoms with Crippen molar-refractivity contribution in [3.8, 4) is 5.75 Å². The largest absolute Gasteiger partial charge is 0.494 e. The van der Waals surface area contributed by atoms with Crippen LogP contribution < -0.4 is 15.4 Å². The molecule has 1 spiro atoms. The van der Waals surface area contributed by atoms with Gasteiger partial charge in [0.05, 0.1) is 46.5 Å². The molecule has 2 unspecified atom stereocenters. The van der Waals surface area contributed by atoms with Crippen LogP contribution in [-0.4, -0.2) is 62.5 Å². The van der Waals surface area contributed by atoms with Gasteiger partial charge in [0.15, 0.2) is 0 Å². The van der Waals surface area contributed by atoms with Gasteiger partial charge in [-0.15, -0.1) is 11.8 Å². The maximum atomic E-state index is 14.4. The first kappa shape index (κ1) is 29.7. The predicted molar refractivity (Wildman–Crippen MR) is 162 cm³/mol. The maximum Gasteiger partial charge on any atom is 0.248 e. The number of nitrogens with one attached hydrogen (secondary N) is 2. The number of carbonyl (C=O) groups is 3. The summed E-state index contributed by atoms with van der Waals surface area (Å²) < 4.78 is 4.18. The Kier molecular flexibility index (Phi) is 8.09. The van der Waals surface area contributed by atoms with E-state index in [1.807, 2.05) is 46.8 Å². The van der Waals surface area contributed by atoms with Crippen LogP contribution in [0.5, 0.6) is 5.75 Å². The second-order valence-electron chi connectivity index (χ2n) is 11.8. The van der Waals surface area contributed by atoms with Crippen molar-refractivity contribution in [3.05, 3.63) is 53.1 Å². The lowest BCUT2D eigenvalue weighted by atomic mass is 9.66. The van der Waals surface area contributed by atoms with Crippen LogP contribution in [0.1, 0.15) is 46.1 Å². The van der Waals surface area contributed by atoms with E-state index in [1.54, 1.807) is 47.0 Å². The first-order valence-electron chi connectivity index (χ1n) is 14.2. The van der Waals surface area contributed by atoms with Crippen molar-refractivity contribution in [1.29, 1.82) is 0 Å². The third-order valence-electron chi connectivity index (χ3n) is 8.96. The molecule has 3 amide bonds. The fourth-order valence-electron chi connectivity index (χ4n) is 7.04. The van der Waals surface area contributed by atoms with Gasteiger partial charge in [-0.3, -0.25) is 14.4 Å². The molecule has 0 aliphatic carbocycles. The van der Waals surface area contributed by atoms with Gasteiger partial charge in [-0.2, -0.15) is 0 Å². The van der Waals surface area contributed by atoms with Gasteiger partial charge in [0.1, 0.15) is 11.8 Å². The smallest absolute Gasteiger partial charge is 0.248 e. The summed E-state index contributed by atoms with van der Waals surface area (Å²) in [4.78, 5) is 44.2. The zero-order chi connectivity index (χ0) is 29.7. The number of hydrogen-bond acceptors (Lipinski definition) is 6. The van der Waals surface area contributed by atoms with Crippen molar-refractivity contribution in [1.82, 2.24) is 4.90 Å². The molecule has 3 saturated heterocycles. The van der Waals surface area contributed by atoms with Gasteiger partial charge < -0.3 is 25.4 Å². The number of thioether (sulfide) groups is 1. The number of ether oxygens (including phenoxy) is 1. The quantitative estimate of drug-likeness (QED) is 0.369. The Morgan fingerprint density at radius 2 is 1.85 bits per heavy atom. The molecule has 0 saturated carbocycles. The van der Waals surface area contributed by atoms with E-state index < -0.39 is 33.4 Å². The summed E-state index contributed by atoms with van der Waals surface area (Å²) >= 11 is 8.06. The molecule has 10 heteroatoms. The number of likely N-dealkylation sites (tertiary alicyclic amines) is 1. The summed E-state index contributed by atoms with van der Waals surface area (Å²) in [6.07, 6.45) is 1.31. The van der Waals surface area contributed by atoms with E-state index in [-0.39, 0.29) is 30.2 Å². The average molecular weight is 600 g/mol. The normalized spacial score (nSPS) is 29.0. The molecule has 41 heavy (non-hydrogen) atoms. The molecule has 8 nitrogen and oxygen atoms in total. The number of aliphatic hydroxyl groups excluding tert-OH is 1.